The number of methoxy groups -OCH3 is 1. The highest BCUT2D eigenvalue weighted by molar-refractivity contribution is 6.06. The number of hydrogen-bond acceptors (Lipinski definition) is 5. The van der Waals surface area contributed by atoms with Crippen LogP contribution < -0.4 is 14.8 Å². The van der Waals surface area contributed by atoms with Crippen molar-refractivity contribution in [3.05, 3.63) is 87.7 Å². The van der Waals surface area contributed by atoms with Crippen LogP contribution in [0.3, 0.4) is 0 Å². The number of nitro groups is 1. The number of aryl methyl sites for hydroxylation is 1. The molecule has 0 bridgehead atoms. The molecule has 0 aliphatic carbocycles. The summed E-state index contributed by atoms with van der Waals surface area (Å²) in [5.41, 5.74) is 0.324. The summed E-state index contributed by atoms with van der Waals surface area (Å²) in [5, 5.41) is 13.6. The van der Waals surface area contributed by atoms with Crippen LogP contribution in [-0.4, -0.2) is 17.9 Å². The average Bonchev–Trinajstić information content (AvgIpc) is 2.71. The first-order chi connectivity index (χ1) is 13.9. The van der Waals surface area contributed by atoms with E-state index in [1.165, 1.54) is 31.4 Å². The highest BCUT2D eigenvalue weighted by atomic mass is 19.1. The molecule has 8 heteroatoms. The molecule has 0 saturated heterocycles. The van der Waals surface area contributed by atoms with Crippen molar-refractivity contribution in [3.8, 4) is 17.2 Å². The van der Waals surface area contributed by atoms with Crippen molar-refractivity contribution in [2.24, 2.45) is 0 Å². The van der Waals surface area contributed by atoms with Gasteiger partial charge in [0.15, 0.2) is 0 Å². The van der Waals surface area contributed by atoms with Gasteiger partial charge in [0.05, 0.1) is 23.3 Å². The third-order valence-electron chi connectivity index (χ3n) is 4.08. The average molecular weight is 396 g/mol. The second kappa shape index (κ2) is 8.39. The van der Waals surface area contributed by atoms with Gasteiger partial charge in [0, 0.05) is 12.1 Å². The first kappa shape index (κ1) is 19.8. The molecule has 1 amide bonds. The molecule has 0 aliphatic rings. The van der Waals surface area contributed by atoms with Crippen LogP contribution in [0.15, 0.2) is 60.7 Å². The summed E-state index contributed by atoms with van der Waals surface area (Å²) in [5.74, 6) is -0.246. The number of carbonyl (C=O) groups is 1. The Morgan fingerprint density at radius 3 is 2.38 bits per heavy atom. The van der Waals surface area contributed by atoms with Crippen molar-refractivity contribution in [1.29, 1.82) is 0 Å². The Morgan fingerprint density at radius 1 is 1.03 bits per heavy atom. The van der Waals surface area contributed by atoms with Crippen LogP contribution in [0, 0.1) is 22.9 Å². The second-order valence-electron chi connectivity index (χ2n) is 6.15. The number of amides is 1. The molecule has 0 heterocycles. The summed E-state index contributed by atoms with van der Waals surface area (Å²) < 4.78 is 24.8. The quantitative estimate of drug-likeness (QED) is 0.463. The molecular formula is C21H17FN2O5. The Kier molecular flexibility index (Phi) is 5.73. The molecule has 0 atom stereocenters. The van der Waals surface area contributed by atoms with Crippen molar-refractivity contribution in [2.75, 3.05) is 12.4 Å². The van der Waals surface area contributed by atoms with Crippen LogP contribution in [0.5, 0.6) is 17.2 Å². The Hall–Kier alpha value is -3.94. The smallest absolute Gasteiger partial charge is 0.270 e. The van der Waals surface area contributed by atoms with Crippen LogP contribution in [0.2, 0.25) is 0 Å². The third kappa shape index (κ3) is 4.67. The lowest BCUT2D eigenvalue weighted by molar-refractivity contribution is -0.384. The van der Waals surface area contributed by atoms with Gasteiger partial charge in [-0.15, -0.1) is 0 Å². The van der Waals surface area contributed by atoms with Gasteiger partial charge in [0.2, 0.25) is 0 Å². The second-order valence-corrected chi connectivity index (χ2v) is 6.15. The molecule has 0 aromatic heterocycles. The van der Waals surface area contributed by atoms with Crippen LogP contribution in [0.1, 0.15) is 15.9 Å². The first-order valence-electron chi connectivity index (χ1n) is 8.55. The monoisotopic (exact) mass is 396 g/mol. The normalized spacial score (nSPS) is 10.3. The number of ether oxygens (including phenoxy) is 2. The lowest BCUT2D eigenvalue weighted by Crippen LogP contribution is -2.14. The van der Waals surface area contributed by atoms with E-state index in [1.54, 1.807) is 37.3 Å². The number of nitro benzene ring substituents is 1. The highest BCUT2D eigenvalue weighted by Crippen LogP contribution is 2.30. The van der Waals surface area contributed by atoms with Crippen LogP contribution in [0.25, 0.3) is 0 Å². The maximum Gasteiger partial charge on any atom is 0.270 e. The van der Waals surface area contributed by atoms with E-state index in [0.29, 0.717) is 11.5 Å². The number of anilines is 1. The van der Waals surface area contributed by atoms with Crippen LogP contribution in [-0.2, 0) is 0 Å². The van der Waals surface area contributed by atoms with E-state index >= 15 is 0 Å². The number of hydrogen-bond donors (Lipinski definition) is 1. The predicted octanol–water partition coefficient (Wildman–Crippen LogP) is 5.10. The number of nitrogens with one attached hydrogen (secondary N) is 1. The van der Waals surface area contributed by atoms with Gasteiger partial charge in [-0.25, -0.2) is 4.39 Å². The standard InChI is InChI=1S/C21H17FN2O5/c1-13-3-9-18(22)19(11-13)23-21(25)17-12-14(24(26)27)4-10-20(17)29-16-7-5-15(28-2)6-8-16/h3-12H,1-2H3,(H,23,25). The van der Waals surface area contributed by atoms with E-state index in [2.05, 4.69) is 5.32 Å². The van der Waals surface area contributed by atoms with Gasteiger partial charge < -0.3 is 14.8 Å². The van der Waals surface area contributed by atoms with E-state index in [0.717, 1.165) is 11.6 Å². The minimum atomic E-state index is -0.735. The van der Waals surface area contributed by atoms with Gasteiger partial charge in [0.25, 0.3) is 11.6 Å². The SMILES string of the molecule is COc1ccc(Oc2ccc([N+](=O)[O-])cc2C(=O)Nc2cc(C)ccc2F)cc1. The molecule has 3 rings (SSSR count). The molecule has 0 saturated carbocycles. The zero-order chi connectivity index (χ0) is 21.0. The van der Waals surface area contributed by atoms with E-state index < -0.39 is 16.6 Å². The van der Waals surface area contributed by atoms with Crippen molar-refractivity contribution < 1.29 is 23.6 Å². The van der Waals surface area contributed by atoms with E-state index in [4.69, 9.17) is 9.47 Å². The molecule has 1 N–H and O–H groups in total. The largest absolute Gasteiger partial charge is 0.497 e. The molecule has 0 unspecified atom stereocenters. The lowest BCUT2D eigenvalue weighted by atomic mass is 10.1. The number of benzene rings is 3. The van der Waals surface area contributed by atoms with Gasteiger partial charge in [-0.05, 0) is 55.0 Å². The highest BCUT2D eigenvalue weighted by Gasteiger charge is 2.20. The maximum atomic E-state index is 14.0. The molecule has 29 heavy (non-hydrogen) atoms. The van der Waals surface area contributed by atoms with Gasteiger partial charge in [-0.2, -0.15) is 0 Å². The lowest BCUT2D eigenvalue weighted by Gasteiger charge is -2.12. The summed E-state index contributed by atoms with van der Waals surface area (Å²) in [6.07, 6.45) is 0. The Balaban J connectivity index is 1.95. The predicted molar refractivity (Wildman–Crippen MR) is 105 cm³/mol. The zero-order valence-electron chi connectivity index (χ0n) is 15.6. The first-order valence-corrected chi connectivity index (χ1v) is 8.55. The fourth-order valence-corrected chi connectivity index (χ4v) is 2.59. The van der Waals surface area contributed by atoms with Crippen molar-refractivity contribution >= 4 is 17.3 Å². The fraction of sp³-hybridized carbons (Fsp3) is 0.0952. The van der Waals surface area contributed by atoms with Crippen molar-refractivity contribution in [1.82, 2.24) is 0 Å². The summed E-state index contributed by atoms with van der Waals surface area (Å²) >= 11 is 0. The number of nitrogens with zero attached hydrogens (tertiary/aromatic N) is 1. The Morgan fingerprint density at radius 2 is 1.72 bits per heavy atom. The van der Waals surface area contributed by atoms with Gasteiger partial charge in [-0.3, -0.25) is 14.9 Å². The van der Waals surface area contributed by atoms with Crippen LogP contribution >= 0.6 is 0 Å². The topological polar surface area (TPSA) is 90.7 Å². The van der Waals surface area contributed by atoms with E-state index in [9.17, 15) is 19.3 Å². The van der Waals surface area contributed by atoms with E-state index in [-0.39, 0.29) is 22.7 Å². The molecule has 3 aromatic carbocycles. The van der Waals surface area contributed by atoms with Gasteiger partial charge in [0.1, 0.15) is 23.1 Å². The Labute approximate surface area is 165 Å². The molecule has 0 spiro atoms. The van der Waals surface area contributed by atoms with Gasteiger partial charge >= 0.3 is 0 Å². The number of non-ortho nitro benzene ring substituents is 1. The minimum absolute atomic E-state index is 0.0306. The molecule has 0 aliphatic heterocycles. The van der Waals surface area contributed by atoms with Crippen molar-refractivity contribution in [3.63, 3.8) is 0 Å². The fourth-order valence-electron chi connectivity index (χ4n) is 2.59. The van der Waals surface area contributed by atoms with E-state index in [1.807, 2.05) is 0 Å². The zero-order valence-corrected chi connectivity index (χ0v) is 15.6. The van der Waals surface area contributed by atoms with Crippen molar-refractivity contribution in [2.45, 2.75) is 6.92 Å². The summed E-state index contributed by atoms with van der Waals surface area (Å²) in [6, 6.07) is 14.5. The number of rotatable bonds is 6. The third-order valence-corrected chi connectivity index (χ3v) is 4.08. The minimum Gasteiger partial charge on any atom is -0.497 e. The molecule has 0 fully saturated rings. The number of halogens is 1. The molecule has 0 radical (unpaired) electrons. The Bertz CT molecular complexity index is 1070. The van der Waals surface area contributed by atoms with Crippen LogP contribution in [0.4, 0.5) is 15.8 Å². The number of carbonyl (C=O) groups excluding carboxylic acids is 1. The molecule has 3 aromatic rings. The summed E-state index contributed by atoms with van der Waals surface area (Å²) in [6.45, 7) is 1.75. The summed E-state index contributed by atoms with van der Waals surface area (Å²) in [4.78, 5) is 23.3. The van der Waals surface area contributed by atoms with Gasteiger partial charge in [-0.1, -0.05) is 6.07 Å². The molecule has 148 valence electrons. The molecular weight excluding hydrogens is 379 g/mol. The summed E-state index contributed by atoms with van der Waals surface area (Å²) in [7, 11) is 1.53. The maximum absolute atomic E-state index is 14.0. The molecule has 7 nitrogen and oxygen atoms in total.